The van der Waals surface area contributed by atoms with Crippen LogP contribution in [0.5, 0.6) is 0 Å². The van der Waals surface area contributed by atoms with E-state index in [0.717, 1.165) is 51.4 Å². The largest absolute Gasteiger partial charge is 0.544 e. The molecular formula is C19H33NO6. The van der Waals surface area contributed by atoms with E-state index in [-0.39, 0.29) is 6.54 Å². The number of hydrogen-bond acceptors (Lipinski definition) is 4. The molecule has 0 aliphatic rings. The SMILES string of the molecule is CCC/C=C/CCCCCCCC[N+](CC(=O)[O-])(CC(=O)O)CC(=O)O. The third kappa shape index (κ3) is 13.4. The lowest BCUT2D eigenvalue weighted by Crippen LogP contribution is -2.59. The van der Waals surface area contributed by atoms with E-state index in [2.05, 4.69) is 19.1 Å². The molecule has 0 aliphatic carbocycles. The van der Waals surface area contributed by atoms with Gasteiger partial charge in [-0.3, -0.25) is 0 Å². The molecular weight excluding hydrogens is 338 g/mol. The van der Waals surface area contributed by atoms with Crippen LogP contribution in [0.2, 0.25) is 0 Å². The molecule has 0 aromatic heterocycles. The van der Waals surface area contributed by atoms with Crippen molar-refractivity contribution in [3.63, 3.8) is 0 Å². The zero-order valence-electron chi connectivity index (χ0n) is 15.8. The summed E-state index contributed by atoms with van der Waals surface area (Å²) in [7, 11) is 0. The smallest absolute Gasteiger partial charge is 0.359 e. The van der Waals surface area contributed by atoms with E-state index in [9.17, 15) is 19.5 Å². The average Bonchev–Trinajstić information content (AvgIpc) is 2.50. The Balaban J connectivity index is 4.21. The van der Waals surface area contributed by atoms with Gasteiger partial charge in [0.25, 0.3) is 0 Å². The van der Waals surface area contributed by atoms with Crippen molar-refractivity contribution in [2.45, 2.75) is 64.7 Å². The number of unbranched alkanes of at least 4 members (excludes halogenated alkanes) is 7. The molecule has 0 bridgehead atoms. The second kappa shape index (κ2) is 14.3. The normalized spacial score (nSPS) is 11.7. The van der Waals surface area contributed by atoms with Crippen molar-refractivity contribution in [3.05, 3.63) is 12.2 Å². The summed E-state index contributed by atoms with van der Waals surface area (Å²) in [5.41, 5.74) is 0. The van der Waals surface area contributed by atoms with E-state index in [1.165, 1.54) is 0 Å². The van der Waals surface area contributed by atoms with Gasteiger partial charge < -0.3 is 24.6 Å². The molecule has 26 heavy (non-hydrogen) atoms. The third-order valence-electron chi connectivity index (χ3n) is 4.28. The van der Waals surface area contributed by atoms with Crippen molar-refractivity contribution in [1.29, 1.82) is 0 Å². The van der Waals surface area contributed by atoms with Crippen molar-refractivity contribution >= 4 is 17.9 Å². The number of quaternary nitrogens is 1. The Hall–Kier alpha value is -1.89. The first-order valence-corrected chi connectivity index (χ1v) is 9.45. The maximum atomic E-state index is 11.1. The van der Waals surface area contributed by atoms with Gasteiger partial charge in [0.1, 0.15) is 6.54 Å². The van der Waals surface area contributed by atoms with Gasteiger partial charge in [-0.15, -0.1) is 0 Å². The monoisotopic (exact) mass is 371 g/mol. The molecule has 0 spiro atoms. The summed E-state index contributed by atoms with van der Waals surface area (Å²) in [5, 5.41) is 29.0. The molecule has 0 aliphatic heterocycles. The second-order valence-corrected chi connectivity index (χ2v) is 6.87. The Morgan fingerprint density at radius 2 is 1.31 bits per heavy atom. The molecule has 0 rings (SSSR count). The third-order valence-corrected chi connectivity index (χ3v) is 4.28. The molecule has 0 amide bonds. The summed E-state index contributed by atoms with van der Waals surface area (Å²) in [4.78, 5) is 33.1. The first-order chi connectivity index (χ1) is 12.3. The Kier molecular flexibility index (Phi) is 13.3. The highest BCUT2D eigenvalue weighted by Gasteiger charge is 2.33. The number of carboxylic acid groups (broad SMARTS) is 3. The van der Waals surface area contributed by atoms with Gasteiger partial charge in [-0.25, -0.2) is 9.59 Å². The van der Waals surface area contributed by atoms with Gasteiger partial charge in [-0.1, -0.05) is 44.8 Å². The number of rotatable bonds is 17. The van der Waals surface area contributed by atoms with Crippen molar-refractivity contribution < 1.29 is 34.2 Å². The van der Waals surface area contributed by atoms with Gasteiger partial charge in [-0.2, -0.15) is 0 Å². The highest BCUT2D eigenvalue weighted by molar-refractivity contribution is 5.72. The molecule has 0 saturated carbocycles. The van der Waals surface area contributed by atoms with Crippen molar-refractivity contribution in [1.82, 2.24) is 0 Å². The highest BCUT2D eigenvalue weighted by atomic mass is 16.4. The second-order valence-electron chi connectivity index (χ2n) is 6.87. The molecule has 0 saturated heterocycles. The van der Waals surface area contributed by atoms with Crippen LogP contribution >= 0.6 is 0 Å². The van der Waals surface area contributed by atoms with Crippen LogP contribution in [0.1, 0.15) is 64.7 Å². The molecule has 150 valence electrons. The van der Waals surface area contributed by atoms with Crippen LogP contribution in [0.15, 0.2) is 12.2 Å². The lowest BCUT2D eigenvalue weighted by atomic mass is 10.1. The Morgan fingerprint density at radius 1 is 0.808 bits per heavy atom. The fourth-order valence-corrected chi connectivity index (χ4v) is 3.07. The van der Waals surface area contributed by atoms with Gasteiger partial charge in [0.15, 0.2) is 13.1 Å². The van der Waals surface area contributed by atoms with Crippen molar-refractivity contribution in [2.75, 3.05) is 26.2 Å². The van der Waals surface area contributed by atoms with Crippen LogP contribution in [-0.2, 0) is 14.4 Å². The van der Waals surface area contributed by atoms with Crippen LogP contribution in [0.3, 0.4) is 0 Å². The predicted octanol–water partition coefficient (Wildman–Crippen LogP) is 1.81. The number of hydrogen-bond donors (Lipinski definition) is 2. The quantitative estimate of drug-likeness (QED) is 0.229. The zero-order chi connectivity index (χ0) is 19.8. The number of carbonyl (C=O) groups excluding carboxylic acids is 1. The van der Waals surface area contributed by atoms with Crippen LogP contribution in [0.25, 0.3) is 0 Å². The molecule has 0 aromatic carbocycles. The van der Waals surface area contributed by atoms with Crippen molar-refractivity contribution in [3.8, 4) is 0 Å². The summed E-state index contributed by atoms with van der Waals surface area (Å²) in [6, 6.07) is 0. The van der Waals surface area contributed by atoms with E-state index >= 15 is 0 Å². The topological polar surface area (TPSA) is 115 Å². The molecule has 0 unspecified atom stereocenters. The highest BCUT2D eigenvalue weighted by Crippen LogP contribution is 2.13. The minimum Gasteiger partial charge on any atom is -0.544 e. The Bertz CT molecular complexity index is 420. The van der Waals surface area contributed by atoms with E-state index in [1.54, 1.807) is 0 Å². The first-order valence-electron chi connectivity index (χ1n) is 9.45. The summed E-state index contributed by atoms with van der Waals surface area (Å²) in [5.74, 6) is -3.84. The molecule has 7 nitrogen and oxygen atoms in total. The Morgan fingerprint density at radius 3 is 1.81 bits per heavy atom. The van der Waals surface area contributed by atoms with Crippen LogP contribution in [-0.4, -0.2) is 58.8 Å². The molecule has 0 aromatic rings. The number of nitrogens with zero attached hydrogens (tertiary/aromatic N) is 1. The minimum atomic E-state index is -1.43. The van der Waals surface area contributed by atoms with Crippen LogP contribution < -0.4 is 5.11 Å². The molecule has 0 atom stereocenters. The fraction of sp³-hybridized carbons (Fsp3) is 0.737. The van der Waals surface area contributed by atoms with E-state index in [4.69, 9.17) is 10.2 Å². The van der Waals surface area contributed by atoms with Gasteiger partial charge in [0.2, 0.25) is 0 Å². The summed E-state index contributed by atoms with van der Waals surface area (Å²) >= 11 is 0. The maximum Gasteiger partial charge on any atom is 0.359 e. The summed E-state index contributed by atoms with van der Waals surface area (Å²) in [6.45, 7) is 0.724. The molecule has 0 fully saturated rings. The van der Waals surface area contributed by atoms with Gasteiger partial charge in [0.05, 0.1) is 12.5 Å². The maximum absolute atomic E-state index is 11.1. The first kappa shape index (κ1) is 24.1. The van der Waals surface area contributed by atoms with E-state index in [0.29, 0.717) is 6.42 Å². The van der Waals surface area contributed by atoms with Crippen LogP contribution in [0, 0.1) is 0 Å². The summed E-state index contributed by atoms with van der Waals surface area (Å²) in [6.07, 6.45) is 13.5. The summed E-state index contributed by atoms with van der Waals surface area (Å²) < 4.78 is -0.505. The van der Waals surface area contributed by atoms with Gasteiger partial charge in [-0.05, 0) is 32.1 Å². The fourth-order valence-electron chi connectivity index (χ4n) is 3.07. The van der Waals surface area contributed by atoms with Gasteiger partial charge >= 0.3 is 11.9 Å². The van der Waals surface area contributed by atoms with Crippen molar-refractivity contribution in [2.24, 2.45) is 0 Å². The standard InChI is InChI=1S/C19H33NO6/c1-2-3-4-5-6-7-8-9-10-11-12-13-20(14-17(21)22,15-18(23)24)16-19(25)26/h4-5H,2-3,6-16H2,1H3,(H2-,21,22,23,24,25,26)/b5-4+. The lowest BCUT2D eigenvalue weighted by molar-refractivity contribution is -0.909. The van der Waals surface area contributed by atoms with E-state index < -0.39 is 42.0 Å². The van der Waals surface area contributed by atoms with E-state index in [1.807, 2.05) is 0 Å². The minimum absolute atomic E-state index is 0.215. The Labute approximate surface area is 155 Å². The lowest BCUT2D eigenvalue weighted by Gasteiger charge is -2.36. The molecule has 0 heterocycles. The zero-order valence-corrected chi connectivity index (χ0v) is 15.8. The van der Waals surface area contributed by atoms with Crippen LogP contribution in [0.4, 0.5) is 0 Å². The molecule has 0 radical (unpaired) electrons. The average molecular weight is 371 g/mol. The number of allylic oxidation sites excluding steroid dienone is 2. The van der Waals surface area contributed by atoms with Gasteiger partial charge in [0, 0.05) is 0 Å². The molecule has 2 N–H and O–H groups in total. The number of carbonyl (C=O) groups is 3. The molecule has 7 heteroatoms. The number of aliphatic carboxylic acids is 3. The predicted molar refractivity (Wildman–Crippen MR) is 96.4 cm³/mol. The number of carboxylic acids is 3.